The molecule has 6 heteroatoms. The summed E-state index contributed by atoms with van der Waals surface area (Å²) >= 11 is 0. The van der Waals surface area contributed by atoms with Crippen molar-refractivity contribution in [1.82, 2.24) is 0 Å². The number of aryl methyl sites for hydroxylation is 2. The Balaban J connectivity index is 2.46. The summed E-state index contributed by atoms with van der Waals surface area (Å²) in [7, 11) is -2.82. The number of ether oxygens (including phenoxy) is 1. The first-order chi connectivity index (χ1) is 10.3. The fourth-order valence-corrected chi connectivity index (χ4v) is 3.22. The molecule has 0 N–H and O–H groups in total. The number of carbonyl (C=O) groups excluding carboxylic acids is 1. The summed E-state index contributed by atoms with van der Waals surface area (Å²) in [4.78, 5) is 11.8. The second kappa shape index (κ2) is 6.19. The fraction of sp³-hybridized carbons (Fsp3) is 0.188. The number of esters is 1. The van der Waals surface area contributed by atoms with E-state index < -0.39 is 16.1 Å². The first-order valence-corrected chi connectivity index (χ1v) is 7.95. The van der Waals surface area contributed by atoms with Crippen molar-refractivity contribution in [3.63, 3.8) is 0 Å². The van der Waals surface area contributed by atoms with E-state index in [0.717, 1.165) is 5.56 Å². The summed E-state index contributed by atoms with van der Waals surface area (Å²) in [5.74, 6) is -0.720. The van der Waals surface area contributed by atoms with Gasteiger partial charge in [-0.05, 0) is 43.2 Å². The molecule has 22 heavy (non-hydrogen) atoms. The minimum atomic E-state index is -4.04. The second-order valence-corrected chi connectivity index (χ2v) is 6.31. The van der Waals surface area contributed by atoms with E-state index in [9.17, 15) is 13.2 Å². The van der Waals surface area contributed by atoms with Crippen LogP contribution >= 0.6 is 0 Å². The molecule has 2 aromatic rings. The molecule has 0 saturated heterocycles. The van der Waals surface area contributed by atoms with Crippen LogP contribution in [0.5, 0.6) is 5.75 Å². The van der Waals surface area contributed by atoms with Crippen molar-refractivity contribution >= 4 is 16.1 Å². The SMILES string of the molecule is COC(=O)c1ccccc1OS(=O)(=O)c1cc(C)ccc1C. The lowest BCUT2D eigenvalue weighted by atomic mass is 10.2. The predicted molar refractivity (Wildman–Crippen MR) is 81.5 cm³/mol. The Morgan fingerprint density at radius 2 is 1.73 bits per heavy atom. The highest BCUT2D eigenvalue weighted by atomic mass is 32.2. The molecular formula is C16H16O5S. The first kappa shape index (κ1) is 16.0. The number of rotatable bonds is 4. The third-order valence-electron chi connectivity index (χ3n) is 3.10. The van der Waals surface area contributed by atoms with Gasteiger partial charge in [0.1, 0.15) is 10.5 Å². The van der Waals surface area contributed by atoms with Gasteiger partial charge in [-0.2, -0.15) is 8.42 Å². The summed E-state index contributed by atoms with van der Waals surface area (Å²) < 4.78 is 34.7. The summed E-state index contributed by atoms with van der Waals surface area (Å²) in [6.07, 6.45) is 0. The minimum absolute atomic E-state index is 0.0545. The van der Waals surface area contributed by atoms with Gasteiger partial charge in [-0.25, -0.2) is 4.79 Å². The summed E-state index contributed by atoms with van der Waals surface area (Å²) in [5.41, 5.74) is 1.43. The van der Waals surface area contributed by atoms with Crippen LogP contribution in [0.25, 0.3) is 0 Å². The van der Waals surface area contributed by atoms with E-state index in [4.69, 9.17) is 4.18 Å². The smallest absolute Gasteiger partial charge is 0.341 e. The van der Waals surface area contributed by atoms with Gasteiger partial charge >= 0.3 is 16.1 Å². The van der Waals surface area contributed by atoms with E-state index >= 15 is 0 Å². The van der Waals surface area contributed by atoms with Gasteiger partial charge < -0.3 is 8.92 Å². The molecule has 116 valence electrons. The Hall–Kier alpha value is -2.34. The second-order valence-electron chi connectivity index (χ2n) is 4.79. The maximum atomic E-state index is 12.5. The molecular weight excluding hydrogens is 304 g/mol. The molecule has 2 rings (SSSR count). The molecule has 0 fully saturated rings. The van der Waals surface area contributed by atoms with Crippen molar-refractivity contribution in [3.8, 4) is 5.75 Å². The molecule has 0 saturated carbocycles. The van der Waals surface area contributed by atoms with Crippen molar-refractivity contribution in [1.29, 1.82) is 0 Å². The Morgan fingerprint density at radius 1 is 1.05 bits per heavy atom. The maximum absolute atomic E-state index is 12.5. The van der Waals surface area contributed by atoms with Crippen molar-refractivity contribution < 1.29 is 22.1 Å². The predicted octanol–water partition coefficient (Wildman–Crippen LogP) is 2.86. The Kier molecular flexibility index (Phi) is 4.51. The van der Waals surface area contributed by atoms with Gasteiger partial charge in [0.15, 0.2) is 5.75 Å². The van der Waals surface area contributed by atoms with Crippen molar-refractivity contribution in [2.75, 3.05) is 7.11 Å². The van der Waals surface area contributed by atoms with Gasteiger partial charge in [-0.1, -0.05) is 24.3 Å². The summed E-state index contributed by atoms with van der Waals surface area (Å²) in [5, 5.41) is 0. The largest absolute Gasteiger partial charge is 0.465 e. The van der Waals surface area contributed by atoms with Gasteiger partial charge in [-0.15, -0.1) is 0 Å². The highest BCUT2D eigenvalue weighted by Crippen LogP contribution is 2.25. The van der Waals surface area contributed by atoms with Crippen LogP contribution < -0.4 is 4.18 Å². The summed E-state index contributed by atoms with van der Waals surface area (Å²) in [6.45, 7) is 3.47. The van der Waals surface area contributed by atoms with Gasteiger partial charge in [0.25, 0.3) is 0 Å². The molecule has 0 unspecified atom stereocenters. The molecule has 0 atom stereocenters. The number of carbonyl (C=O) groups is 1. The number of benzene rings is 2. The Morgan fingerprint density at radius 3 is 2.41 bits per heavy atom. The quantitative estimate of drug-likeness (QED) is 0.640. The highest BCUT2D eigenvalue weighted by molar-refractivity contribution is 7.87. The monoisotopic (exact) mass is 320 g/mol. The zero-order chi connectivity index (χ0) is 16.3. The maximum Gasteiger partial charge on any atom is 0.341 e. The van der Waals surface area contributed by atoms with Crippen LogP contribution in [0, 0.1) is 13.8 Å². The highest BCUT2D eigenvalue weighted by Gasteiger charge is 2.23. The molecule has 0 spiro atoms. The molecule has 0 heterocycles. The first-order valence-electron chi connectivity index (χ1n) is 6.54. The lowest BCUT2D eigenvalue weighted by Crippen LogP contribution is -2.14. The summed E-state index contributed by atoms with van der Waals surface area (Å²) in [6, 6.07) is 11.1. The molecule has 5 nitrogen and oxygen atoms in total. The van der Waals surface area contributed by atoms with Crippen LogP contribution in [-0.4, -0.2) is 21.5 Å². The molecule has 0 amide bonds. The van der Waals surface area contributed by atoms with E-state index in [1.807, 2.05) is 6.07 Å². The molecule has 0 aliphatic rings. The zero-order valence-corrected chi connectivity index (χ0v) is 13.3. The standard InChI is InChI=1S/C16H16O5S/c1-11-8-9-12(2)15(10-11)22(18,19)21-14-7-5-4-6-13(14)16(17)20-3/h4-10H,1-3H3. The van der Waals surface area contributed by atoms with Gasteiger partial charge in [0.05, 0.1) is 7.11 Å². The normalized spacial score (nSPS) is 11.0. The minimum Gasteiger partial charge on any atom is -0.465 e. The molecule has 0 radical (unpaired) electrons. The topological polar surface area (TPSA) is 69.7 Å². The number of hydrogen-bond donors (Lipinski definition) is 0. The van der Waals surface area contributed by atoms with Crippen LogP contribution in [0.2, 0.25) is 0 Å². The van der Waals surface area contributed by atoms with Gasteiger partial charge in [0.2, 0.25) is 0 Å². The van der Waals surface area contributed by atoms with Crippen molar-refractivity contribution in [2.24, 2.45) is 0 Å². The van der Waals surface area contributed by atoms with Crippen LogP contribution in [0.15, 0.2) is 47.4 Å². The Labute approximate surface area is 129 Å². The van der Waals surface area contributed by atoms with Crippen LogP contribution in [-0.2, 0) is 14.9 Å². The number of methoxy groups -OCH3 is 1. The van der Waals surface area contributed by atoms with E-state index in [2.05, 4.69) is 4.74 Å². The molecule has 2 aromatic carbocycles. The lowest BCUT2D eigenvalue weighted by Gasteiger charge is -2.12. The number of para-hydroxylation sites is 1. The zero-order valence-electron chi connectivity index (χ0n) is 12.5. The average molecular weight is 320 g/mol. The molecule has 0 aliphatic carbocycles. The van der Waals surface area contributed by atoms with Gasteiger partial charge in [0, 0.05) is 0 Å². The molecule has 0 aliphatic heterocycles. The van der Waals surface area contributed by atoms with E-state index in [-0.39, 0.29) is 16.2 Å². The average Bonchev–Trinajstić information content (AvgIpc) is 2.49. The van der Waals surface area contributed by atoms with Crippen LogP contribution in [0.1, 0.15) is 21.5 Å². The third-order valence-corrected chi connectivity index (χ3v) is 4.48. The Bertz CT molecular complexity index is 809. The fourth-order valence-electron chi connectivity index (χ4n) is 1.96. The van der Waals surface area contributed by atoms with Crippen molar-refractivity contribution in [3.05, 3.63) is 59.2 Å². The number of hydrogen-bond acceptors (Lipinski definition) is 5. The lowest BCUT2D eigenvalue weighted by molar-refractivity contribution is 0.0599. The van der Waals surface area contributed by atoms with Crippen LogP contribution in [0.4, 0.5) is 0 Å². The third kappa shape index (κ3) is 3.28. The van der Waals surface area contributed by atoms with E-state index in [1.165, 1.54) is 25.3 Å². The van der Waals surface area contributed by atoms with E-state index in [0.29, 0.717) is 5.56 Å². The van der Waals surface area contributed by atoms with E-state index in [1.54, 1.807) is 32.0 Å². The molecule has 0 aromatic heterocycles. The van der Waals surface area contributed by atoms with Crippen molar-refractivity contribution in [2.45, 2.75) is 18.7 Å². The van der Waals surface area contributed by atoms with Crippen LogP contribution in [0.3, 0.4) is 0 Å². The van der Waals surface area contributed by atoms with Gasteiger partial charge in [-0.3, -0.25) is 0 Å². The molecule has 0 bridgehead atoms.